The molecule has 2 unspecified atom stereocenters. The zero-order chi connectivity index (χ0) is 9.56. The number of aliphatic hydroxyl groups excluding tert-OH is 1. The van der Waals surface area contributed by atoms with Crippen LogP contribution in [0.5, 0.6) is 0 Å². The highest BCUT2D eigenvalue weighted by molar-refractivity contribution is 4.70. The fourth-order valence-corrected chi connectivity index (χ4v) is 1.55. The molecule has 0 rings (SSSR count). The van der Waals surface area contributed by atoms with Crippen molar-refractivity contribution in [1.82, 2.24) is 0 Å². The second-order valence-corrected chi connectivity index (χ2v) is 3.98. The summed E-state index contributed by atoms with van der Waals surface area (Å²) in [4.78, 5) is 0. The Morgan fingerprint density at radius 3 is 2.25 bits per heavy atom. The van der Waals surface area contributed by atoms with E-state index in [1.165, 1.54) is 0 Å². The summed E-state index contributed by atoms with van der Waals surface area (Å²) in [6.45, 7) is 7.04. The molecule has 0 spiro atoms. The van der Waals surface area contributed by atoms with Crippen molar-refractivity contribution in [3.8, 4) is 0 Å². The average Bonchev–Trinajstić information content (AvgIpc) is 2.00. The summed E-state index contributed by atoms with van der Waals surface area (Å²) in [5.41, 5.74) is 5.59. The van der Waals surface area contributed by atoms with E-state index in [2.05, 4.69) is 20.8 Å². The second kappa shape index (κ2) is 6.44. The summed E-state index contributed by atoms with van der Waals surface area (Å²) in [6.07, 6.45) is 2.77. The predicted molar refractivity (Wildman–Crippen MR) is 52.9 cm³/mol. The van der Waals surface area contributed by atoms with Crippen LogP contribution in [-0.4, -0.2) is 17.8 Å². The molecule has 0 fully saturated rings. The van der Waals surface area contributed by atoms with Gasteiger partial charge in [-0.15, -0.1) is 0 Å². The Bertz CT molecular complexity index is 104. The Kier molecular flexibility index (Phi) is 6.39. The third-order valence-corrected chi connectivity index (χ3v) is 2.21. The van der Waals surface area contributed by atoms with E-state index in [-0.39, 0.29) is 6.10 Å². The van der Waals surface area contributed by atoms with Crippen molar-refractivity contribution in [3.63, 3.8) is 0 Å². The maximum atomic E-state index is 9.68. The SMILES string of the molecule is CCCC(O)C(CN)CC(C)C. The first-order chi connectivity index (χ1) is 5.61. The van der Waals surface area contributed by atoms with Crippen molar-refractivity contribution < 1.29 is 5.11 Å². The summed E-state index contributed by atoms with van der Waals surface area (Å²) < 4.78 is 0. The lowest BCUT2D eigenvalue weighted by atomic mass is 9.90. The van der Waals surface area contributed by atoms with E-state index in [0.717, 1.165) is 19.3 Å². The van der Waals surface area contributed by atoms with Gasteiger partial charge in [0.15, 0.2) is 0 Å². The molecule has 0 aromatic rings. The third kappa shape index (κ3) is 4.73. The van der Waals surface area contributed by atoms with Gasteiger partial charge in [0.25, 0.3) is 0 Å². The van der Waals surface area contributed by atoms with Gasteiger partial charge in [0.1, 0.15) is 0 Å². The molecule has 2 heteroatoms. The first kappa shape index (κ1) is 11.9. The van der Waals surface area contributed by atoms with E-state index >= 15 is 0 Å². The zero-order valence-electron chi connectivity index (χ0n) is 8.59. The normalized spacial score (nSPS) is 16.5. The summed E-state index contributed by atoms with van der Waals surface area (Å²) in [5.74, 6) is 0.926. The van der Waals surface area contributed by atoms with Crippen LogP contribution < -0.4 is 5.73 Å². The molecule has 0 aromatic heterocycles. The maximum absolute atomic E-state index is 9.68. The summed E-state index contributed by atoms with van der Waals surface area (Å²) in [7, 11) is 0. The Morgan fingerprint density at radius 1 is 1.33 bits per heavy atom. The Hall–Kier alpha value is -0.0800. The monoisotopic (exact) mass is 173 g/mol. The van der Waals surface area contributed by atoms with E-state index in [9.17, 15) is 5.11 Å². The molecule has 2 atom stereocenters. The minimum absolute atomic E-state index is 0.192. The molecule has 74 valence electrons. The number of rotatable bonds is 6. The predicted octanol–water partition coefficient (Wildman–Crippen LogP) is 1.77. The van der Waals surface area contributed by atoms with E-state index in [1.807, 2.05) is 0 Å². The fourth-order valence-electron chi connectivity index (χ4n) is 1.55. The van der Waals surface area contributed by atoms with Gasteiger partial charge in [0.2, 0.25) is 0 Å². The molecular formula is C10H23NO. The highest BCUT2D eigenvalue weighted by Crippen LogP contribution is 2.17. The molecule has 0 aliphatic carbocycles. The maximum Gasteiger partial charge on any atom is 0.0580 e. The van der Waals surface area contributed by atoms with Crippen LogP contribution in [0.2, 0.25) is 0 Å². The third-order valence-electron chi connectivity index (χ3n) is 2.21. The van der Waals surface area contributed by atoms with E-state index in [0.29, 0.717) is 18.4 Å². The van der Waals surface area contributed by atoms with Crippen molar-refractivity contribution >= 4 is 0 Å². The van der Waals surface area contributed by atoms with Gasteiger partial charge in [0.05, 0.1) is 6.10 Å². The smallest absolute Gasteiger partial charge is 0.0580 e. The van der Waals surface area contributed by atoms with Crippen molar-refractivity contribution in [3.05, 3.63) is 0 Å². The van der Waals surface area contributed by atoms with Crippen LogP contribution >= 0.6 is 0 Å². The number of aliphatic hydroxyl groups is 1. The highest BCUT2D eigenvalue weighted by Gasteiger charge is 2.17. The van der Waals surface area contributed by atoms with Crippen LogP contribution in [-0.2, 0) is 0 Å². The lowest BCUT2D eigenvalue weighted by Gasteiger charge is -2.22. The molecule has 0 amide bonds. The van der Waals surface area contributed by atoms with Gasteiger partial charge in [-0.05, 0) is 31.2 Å². The average molecular weight is 173 g/mol. The van der Waals surface area contributed by atoms with Crippen molar-refractivity contribution in [2.45, 2.75) is 46.1 Å². The van der Waals surface area contributed by atoms with E-state index < -0.39 is 0 Å². The molecule has 12 heavy (non-hydrogen) atoms. The molecule has 3 N–H and O–H groups in total. The van der Waals surface area contributed by atoms with Gasteiger partial charge in [0, 0.05) is 0 Å². The van der Waals surface area contributed by atoms with E-state index in [4.69, 9.17) is 5.73 Å². The van der Waals surface area contributed by atoms with Crippen LogP contribution in [0.4, 0.5) is 0 Å². The molecule has 0 aromatic carbocycles. The molecule has 0 aliphatic rings. The largest absolute Gasteiger partial charge is 0.393 e. The second-order valence-electron chi connectivity index (χ2n) is 3.98. The molecular weight excluding hydrogens is 150 g/mol. The van der Waals surface area contributed by atoms with Gasteiger partial charge < -0.3 is 10.8 Å². The molecule has 0 radical (unpaired) electrons. The lowest BCUT2D eigenvalue weighted by molar-refractivity contribution is 0.0902. The van der Waals surface area contributed by atoms with Gasteiger partial charge in [-0.2, -0.15) is 0 Å². The van der Waals surface area contributed by atoms with Crippen LogP contribution in [0.3, 0.4) is 0 Å². The van der Waals surface area contributed by atoms with E-state index in [1.54, 1.807) is 0 Å². The first-order valence-corrected chi connectivity index (χ1v) is 4.99. The molecule has 0 saturated carbocycles. The topological polar surface area (TPSA) is 46.2 Å². The molecule has 0 bridgehead atoms. The van der Waals surface area contributed by atoms with Crippen LogP contribution in [0.25, 0.3) is 0 Å². The minimum Gasteiger partial charge on any atom is -0.393 e. The van der Waals surface area contributed by atoms with Gasteiger partial charge in [-0.1, -0.05) is 27.2 Å². The first-order valence-electron chi connectivity index (χ1n) is 4.99. The Labute approximate surface area is 76.2 Å². The molecule has 2 nitrogen and oxygen atoms in total. The standard InChI is InChI=1S/C10H23NO/c1-4-5-10(12)9(7-11)6-8(2)3/h8-10,12H,4-7,11H2,1-3H3. The summed E-state index contributed by atoms with van der Waals surface area (Å²) in [5, 5.41) is 9.68. The van der Waals surface area contributed by atoms with Crippen molar-refractivity contribution in [2.75, 3.05) is 6.54 Å². The summed E-state index contributed by atoms with van der Waals surface area (Å²) >= 11 is 0. The molecule has 0 aliphatic heterocycles. The quantitative estimate of drug-likeness (QED) is 0.643. The van der Waals surface area contributed by atoms with Crippen molar-refractivity contribution in [2.24, 2.45) is 17.6 Å². The number of hydrogen-bond acceptors (Lipinski definition) is 2. The lowest BCUT2D eigenvalue weighted by Crippen LogP contribution is -2.28. The van der Waals surface area contributed by atoms with Crippen molar-refractivity contribution in [1.29, 1.82) is 0 Å². The molecule has 0 heterocycles. The zero-order valence-corrected chi connectivity index (χ0v) is 8.59. The minimum atomic E-state index is -0.192. The van der Waals surface area contributed by atoms with Crippen LogP contribution in [0.15, 0.2) is 0 Å². The number of nitrogens with two attached hydrogens (primary N) is 1. The van der Waals surface area contributed by atoms with Gasteiger partial charge in [-0.3, -0.25) is 0 Å². The Morgan fingerprint density at radius 2 is 1.92 bits per heavy atom. The van der Waals surface area contributed by atoms with Crippen LogP contribution in [0.1, 0.15) is 40.0 Å². The molecule has 0 saturated heterocycles. The van der Waals surface area contributed by atoms with Crippen LogP contribution in [0, 0.1) is 11.8 Å². The highest BCUT2D eigenvalue weighted by atomic mass is 16.3. The summed E-state index contributed by atoms with van der Waals surface area (Å²) in [6, 6.07) is 0. The van der Waals surface area contributed by atoms with Gasteiger partial charge >= 0.3 is 0 Å². The fraction of sp³-hybridized carbons (Fsp3) is 1.00. The Balaban J connectivity index is 3.78. The van der Waals surface area contributed by atoms with Gasteiger partial charge in [-0.25, -0.2) is 0 Å². The number of hydrogen-bond donors (Lipinski definition) is 2.